The van der Waals surface area contributed by atoms with Crippen LogP contribution in [0.2, 0.25) is 0 Å². The van der Waals surface area contributed by atoms with Crippen molar-refractivity contribution in [3.63, 3.8) is 0 Å². The smallest absolute Gasteiger partial charge is 0.159 e. The number of rotatable bonds is 2. The molecule has 0 radical (unpaired) electrons. The molecule has 0 aromatic rings. The molecule has 1 aliphatic rings. The minimum Gasteiger partial charge on any atom is -0.295 e. The third-order valence-corrected chi connectivity index (χ3v) is 3.53. The van der Waals surface area contributed by atoms with E-state index in [-0.39, 0.29) is 11.3 Å². The molecule has 1 saturated carbocycles. The van der Waals surface area contributed by atoms with Crippen LogP contribution in [0.4, 0.5) is 0 Å². The molecule has 0 spiro atoms. The maximum atomic E-state index is 11.9. The molecule has 0 bridgehead atoms. The highest BCUT2D eigenvalue weighted by atomic mass is 16.1. The molecule has 14 heavy (non-hydrogen) atoms. The van der Waals surface area contributed by atoms with Gasteiger partial charge in [-0.1, -0.05) is 33.3 Å². The average Bonchev–Trinajstić information content (AvgIpc) is 2.02. The monoisotopic (exact) mass is 194 g/mol. The fraction of sp³-hybridized carbons (Fsp3) is 0.769. The van der Waals surface area contributed by atoms with E-state index in [1.165, 1.54) is 19.3 Å². The lowest BCUT2D eigenvalue weighted by Crippen LogP contribution is -2.38. The molecule has 1 heteroatoms. The molecule has 1 fully saturated rings. The minimum absolute atomic E-state index is 0.189. The Morgan fingerprint density at radius 2 is 2.07 bits per heavy atom. The van der Waals surface area contributed by atoms with Gasteiger partial charge in [-0.3, -0.25) is 4.79 Å². The van der Waals surface area contributed by atoms with Crippen LogP contribution in [-0.2, 0) is 4.79 Å². The Hall–Kier alpha value is -0.590. The summed E-state index contributed by atoms with van der Waals surface area (Å²) in [6, 6.07) is 0. The van der Waals surface area contributed by atoms with Gasteiger partial charge in [0, 0.05) is 5.92 Å². The molecule has 2 atom stereocenters. The number of allylic oxidation sites excluding steroid dienone is 2. The first-order chi connectivity index (χ1) is 6.49. The lowest BCUT2D eigenvalue weighted by Gasteiger charge is -2.41. The summed E-state index contributed by atoms with van der Waals surface area (Å²) >= 11 is 0. The predicted molar refractivity (Wildman–Crippen MR) is 60.1 cm³/mol. The highest BCUT2D eigenvalue weighted by Crippen LogP contribution is 2.44. The van der Waals surface area contributed by atoms with Crippen LogP contribution in [-0.4, -0.2) is 5.78 Å². The molecule has 0 saturated heterocycles. The maximum absolute atomic E-state index is 11.9. The molecule has 80 valence electrons. The van der Waals surface area contributed by atoms with E-state index in [4.69, 9.17) is 0 Å². The van der Waals surface area contributed by atoms with Gasteiger partial charge < -0.3 is 0 Å². The SMILES string of the molecule is CC=CC(=O)C1[C@H](C)CCCC1(C)C. The first kappa shape index (κ1) is 11.5. The fourth-order valence-electron chi connectivity index (χ4n) is 2.91. The minimum atomic E-state index is 0.189. The topological polar surface area (TPSA) is 17.1 Å². The van der Waals surface area contributed by atoms with Crippen LogP contribution >= 0.6 is 0 Å². The summed E-state index contributed by atoms with van der Waals surface area (Å²) in [5.41, 5.74) is 0.189. The third kappa shape index (κ3) is 2.26. The zero-order valence-corrected chi connectivity index (χ0v) is 9.84. The van der Waals surface area contributed by atoms with E-state index in [9.17, 15) is 4.79 Å². The highest BCUT2D eigenvalue weighted by molar-refractivity contribution is 5.92. The second-order valence-electron chi connectivity index (χ2n) is 5.24. The van der Waals surface area contributed by atoms with Gasteiger partial charge in [0.05, 0.1) is 0 Å². The molecule has 0 aliphatic heterocycles. The van der Waals surface area contributed by atoms with Crippen LogP contribution < -0.4 is 0 Å². The Balaban J connectivity index is 2.85. The van der Waals surface area contributed by atoms with E-state index in [1.807, 2.05) is 13.0 Å². The van der Waals surface area contributed by atoms with Crippen molar-refractivity contribution in [1.82, 2.24) is 0 Å². The van der Waals surface area contributed by atoms with Gasteiger partial charge >= 0.3 is 0 Å². The van der Waals surface area contributed by atoms with E-state index in [1.54, 1.807) is 6.08 Å². The van der Waals surface area contributed by atoms with E-state index >= 15 is 0 Å². The maximum Gasteiger partial charge on any atom is 0.159 e. The van der Waals surface area contributed by atoms with Gasteiger partial charge in [-0.05, 0) is 37.2 Å². The lowest BCUT2D eigenvalue weighted by molar-refractivity contribution is -0.125. The Bertz CT molecular complexity index is 238. The van der Waals surface area contributed by atoms with Crippen molar-refractivity contribution in [1.29, 1.82) is 0 Å². The van der Waals surface area contributed by atoms with E-state index in [0.29, 0.717) is 11.7 Å². The first-order valence-electron chi connectivity index (χ1n) is 5.65. The summed E-state index contributed by atoms with van der Waals surface area (Å²) in [6.45, 7) is 8.59. The van der Waals surface area contributed by atoms with Gasteiger partial charge in [0.1, 0.15) is 0 Å². The summed E-state index contributed by atoms with van der Waals surface area (Å²) < 4.78 is 0. The predicted octanol–water partition coefficient (Wildman–Crippen LogP) is 3.59. The molecule has 0 amide bonds. The zero-order chi connectivity index (χ0) is 10.8. The second kappa shape index (κ2) is 4.29. The Labute approximate surface area is 87.6 Å². The van der Waals surface area contributed by atoms with Gasteiger partial charge in [-0.25, -0.2) is 0 Å². The van der Waals surface area contributed by atoms with Crippen molar-refractivity contribution < 1.29 is 4.79 Å². The molecular weight excluding hydrogens is 172 g/mol. The molecule has 0 N–H and O–H groups in total. The largest absolute Gasteiger partial charge is 0.295 e. The van der Waals surface area contributed by atoms with Gasteiger partial charge in [0.25, 0.3) is 0 Å². The summed E-state index contributed by atoms with van der Waals surface area (Å²) in [7, 11) is 0. The molecule has 1 rings (SSSR count). The molecule has 0 heterocycles. The highest BCUT2D eigenvalue weighted by Gasteiger charge is 2.40. The molecule has 1 aliphatic carbocycles. The molecule has 0 aromatic heterocycles. The van der Waals surface area contributed by atoms with Gasteiger partial charge in [0.2, 0.25) is 0 Å². The van der Waals surface area contributed by atoms with Crippen molar-refractivity contribution in [2.24, 2.45) is 17.3 Å². The van der Waals surface area contributed by atoms with E-state index in [0.717, 1.165) is 0 Å². The Morgan fingerprint density at radius 1 is 1.43 bits per heavy atom. The summed E-state index contributed by atoms with van der Waals surface area (Å²) in [6.07, 6.45) is 7.27. The lowest BCUT2D eigenvalue weighted by atomic mass is 9.62. The van der Waals surface area contributed by atoms with E-state index < -0.39 is 0 Å². The number of ketones is 1. The van der Waals surface area contributed by atoms with Crippen LogP contribution in [0.25, 0.3) is 0 Å². The number of carbonyl (C=O) groups excluding carboxylic acids is 1. The van der Waals surface area contributed by atoms with Crippen molar-refractivity contribution in [2.75, 3.05) is 0 Å². The van der Waals surface area contributed by atoms with Crippen molar-refractivity contribution in [3.8, 4) is 0 Å². The molecule has 0 aromatic carbocycles. The third-order valence-electron chi connectivity index (χ3n) is 3.53. The summed E-state index contributed by atoms with van der Waals surface area (Å²) in [5, 5.41) is 0. The second-order valence-corrected chi connectivity index (χ2v) is 5.24. The Morgan fingerprint density at radius 3 is 2.57 bits per heavy atom. The van der Waals surface area contributed by atoms with Crippen LogP contribution in [0.15, 0.2) is 12.2 Å². The summed E-state index contributed by atoms with van der Waals surface area (Å²) in [4.78, 5) is 11.9. The van der Waals surface area contributed by atoms with Crippen molar-refractivity contribution >= 4 is 5.78 Å². The van der Waals surface area contributed by atoms with Crippen molar-refractivity contribution in [3.05, 3.63) is 12.2 Å². The standard InChI is InChI=1S/C13H22O/c1-5-7-11(14)12-10(2)8-6-9-13(12,3)4/h5,7,10,12H,6,8-9H2,1-4H3/t10-,12?/m1/s1. The average molecular weight is 194 g/mol. The van der Waals surface area contributed by atoms with Gasteiger partial charge in [-0.2, -0.15) is 0 Å². The number of carbonyl (C=O) groups is 1. The van der Waals surface area contributed by atoms with Crippen LogP contribution in [0.5, 0.6) is 0 Å². The summed E-state index contributed by atoms with van der Waals surface area (Å²) in [5.74, 6) is 1.10. The molecule has 1 nitrogen and oxygen atoms in total. The number of hydrogen-bond acceptors (Lipinski definition) is 1. The fourth-order valence-corrected chi connectivity index (χ4v) is 2.91. The normalized spacial score (nSPS) is 32.0. The van der Waals surface area contributed by atoms with E-state index in [2.05, 4.69) is 20.8 Å². The molecule has 1 unspecified atom stereocenters. The van der Waals surface area contributed by atoms with Gasteiger partial charge in [-0.15, -0.1) is 0 Å². The van der Waals surface area contributed by atoms with Crippen LogP contribution in [0.3, 0.4) is 0 Å². The quantitative estimate of drug-likeness (QED) is 0.614. The Kier molecular flexibility index (Phi) is 3.52. The van der Waals surface area contributed by atoms with Crippen LogP contribution in [0.1, 0.15) is 47.0 Å². The van der Waals surface area contributed by atoms with Crippen LogP contribution in [0, 0.1) is 17.3 Å². The number of hydrogen-bond donors (Lipinski definition) is 0. The van der Waals surface area contributed by atoms with Gasteiger partial charge in [0.15, 0.2) is 5.78 Å². The zero-order valence-electron chi connectivity index (χ0n) is 9.84. The first-order valence-corrected chi connectivity index (χ1v) is 5.65. The molecular formula is C13H22O. The van der Waals surface area contributed by atoms with Crippen molar-refractivity contribution in [2.45, 2.75) is 47.0 Å².